The van der Waals surface area contributed by atoms with Gasteiger partial charge in [-0.1, -0.05) is 19.3 Å². The summed E-state index contributed by atoms with van der Waals surface area (Å²) in [5.74, 6) is 2.68. The highest BCUT2D eigenvalue weighted by Gasteiger charge is 2.08. The van der Waals surface area contributed by atoms with Crippen molar-refractivity contribution < 1.29 is 9.84 Å². The van der Waals surface area contributed by atoms with Crippen molar-refractivity contribution in [1.82, 2.24) is 10.3 Å². The molecule has 1 aromatic heterocycles. The van der Waals surface area contributed by atoms with E-state index in [-0.39, 0.29) is 6.04 Å². The highest BCUT2D eigenvalue weighted by molar-refractivity contribution is 7.09. The van der Waals surface area contributed by atoms with Crippen LogP contribution in [-0.2, 0) is 11.2 Å². The minimum atomic E-state index is -0.523. The van der Waals surface area contributed by atoms with Gasteiger partial charge in [0.2, 0.25) is 0 Å². The zero-order valence-corrected chi connectivity index (χ0v) is 13.1. The van der Waals surface area contributed by atoms with Gasteiger partial charge in [0.05, 0.1) is 36.6 Å². The average Bonchev–Trinajstić information content (AvgIpc) is 2.85. The molecule has 0 radical (unpaired) electrons. The summed E-state index contributed by atoms with van der Waals surface area (Å²) in [5.41, 5.74) is 2.91. The van der Waals surface area contributed by atoms with E-state index in [4.69, 9.17) is 11.2 Å². The van der Waals surface area contributed by atoms with Crippen molar-refractivity contribution in [2.75, 3.05) is 19.8 Å². The maximum Gasteiger partial charge on any atom is 0.0898 e. The van der Waals surface area contributed by atoms with Crippen LogP contribution in [0.4, 0.5) is 0 Å². The summed E-state index contributed by atoms with van der Waals surface area (Å²) >= 11 is 1.64. The Morgan fingerprint density at radius 3 is 3.00 bits per heavy atom. The van der Waals surface area contributed by atoms with E-state index in [1.165, 1.54) is 4.88 Å². The van der Waals surface area contributed by atoms with Crippen LogP contribution in [0.3, 0.4) is 0 Å². The van der Waals surface area contributed by atoms with Crippen molar-refractivity contribution in [2.24, 2.45) is 0 Å². The first kappa shape index (κ1) is 17.1. The molecular formula is C15H24N2O2S. The van der Waals surface area contributed by atoms with Gasteiger partial charge in [-0.05, 0) is 13.3 Å². The van der Waals surface area contributed by atoms with Crippen molar-refractivity contribution in [3.8, 4) is 12.3 Å². The summed E-state index contributed by atoms with van der Waals surface area (Å²) in [6.45, 7) is 5.49. The van der Waals surface area contributed by atoms with Crippen LogP contribution in [0.2, 0.25) is 0 Å². The first-order valence-electron chi connectivity index (χ1n) is 7.01. The predicted octanol–water partition coefficient (Wildman–Crippen LogP) is 1.76. The SMILES string of the molecule is C#CC(CCC)NCC(O)COCCc1scnc1C. The second-order valence-corrected chi connectivity index (χ2v) is 5.70. The number of hydrogen-bond donors (Lipinski definition) is 2. The van der Waals surface area contributed by atoms with Gasteiger partial charge in [0, 0.05) is 17.8 Å². The maximum absolute atomic E-state index is 9.81. The van der Waals surface area contributed by atoms with Crippen LogP contribution < -0.4 is 5.32 Å². The molecule has 0 aromatic carbocycles. The molecule has 0 saturated heterocycles. The van der Waals surface area contributed by atoms with Crippen molar-refractivity contribution in [2.45, 2.75) is 45.3 Å². The lowest BCUT2D eigenvalue weighted by Gasteiger charge is -2.16. The van der Waals surface area contributed by atoms with Gasteiger partial charge in [-0.3, -0.25) is 0 Å². The smallest absolute Gasteiger partial charge is 0.0898 e. The van der Waals surface area contributed by atoms with Crippen LogP contribution in [0.25, 0.3) is 0 Å². The minimum Gasteiger partial charge on any atom is -0.389 e. The van der Waals surface area contributed by atoms with Crippen LogP contribution in [0.15, 0.2) is 5.51 Å². The topological polar surface area (TPSA) is 54.4 Å². The van der Waals surface area contributed by atoms with Crippen LogP contribution in [0.1, 0.15) is 30.3 Å². The quantitative estimate of drug-likeness (QED) is 0.510. The zero-order chi connectivity index (χ0) is 14.8. The molecule has 20 heavy (non-hydrogen) atoms. The second kappa shape index (κ2) is 9.89. The molecule has 1 aromatic rings. The molecule has 0 aliphatic rings. The normalized spacial score (nSPS) is 13.9. The van der Waals surface area contributed by atoms with Crippen LogP contribution in [0.5, 0.6) is 0 Å². The highest BCUT2D eigenvalue weighted by atomic mass is 32.1. The molecule has 0 spiro atoms. The molecule has 0 aliphatic carbocycles. The Morgan fingerprint density at radius 2 is 2.40 bits per heavy atom. The number of ether oxygens (including phenoxy) is 1. The number of aliphatic hydroxyl groups excluding tert-OH is 1. The van der Waals surface area contributed by atoms with Crippen LogP contribution in [-0.4, -0.2) is 42.0 Å². The average molecular weight is 296 g/mol. The van der Waals surface area contributed by atoms with Crippen molar-refractivity contribution in [3.05, 3.63) is 16.1 Å². The van der Waals surface area contributed by atoms with Gasteiger partial charge in [-0.25, -0.2) is 4.98 Å². The Kier molecular flexibility index (Phi) is 8.47. The van der Waals surface area contributed by atoms with Crippen LogP contribution in [0, 0.1) is 19.3 Å². The Balaban J connectivity index is 2.10. The third-order valence-corrected chi connectivity index (χ3v) is 4.00. The van der Waals surface area contributed by atoms with E-state index in [0.717, 1.165) is 25.0 Å². The molecule has 0 saturated carbocycles. The van der Waals surface area contributed by atoms with Crippen molar-refractivity contribution >= 4 is 11.3 Å². The number of rotatable bonds is 10. The van der Waals surface area contributed by atoms with Gasteiger partial charge in [-0.15, -0.1) is 17.8 Å². The van der Waals surface area contributed by atoms with Gasteiger partial charge in [-0.2, -0.15) is 0 Å². The fourth-order valence-electron chi connectivity index (χ4n) is 1.82. The molecule has 2 N–H and O–H groups in total. The molecule has 1 heterocycles. The molecule has 0 aliphatic heterocycles. The molecule has 1 rings (SSSR count). The number of aromatic nitrogens is 1. The number of aryl methyl sites for hydroxylation is 1. The fourth-order valence-corrected chi connectivity index (χ4v) is 2.58. The Labute approximate surface area is 125 Å². The van der Waals surface area contributed by atoms with E-state index in [1.54, 1.807) is 11.3 Å². The molecule has 5 heteroatoms. The van der Waals surface area contributed by atoms with E-state index in [9.17, 15) is 5.11 Å². The third-order valence-electron chi connectivity index (χ3n) is 3.01. The monoisotopic (exact) mass is 296 g/mol. The molecule has 0 bridgehead atoms. The summed E-state index contributed by atoms with van der Waals surface area (Å²) in [5, 5.41) is 13.0. The third kappa shape index (κ3) is 6.49. The number of terminal acetylenes is 1. The molecule has 2 unspecified atom stereocenters. The van der Waals surface area contributed by atoms with Gasteiger partial charge < -0.3 is 15.2 Å². The number of nitrogens with one attached hydrogen (secondary N) is 1. The summed E-state index contributed by atoms with van der Waals surface area (Å²) in [6.07, 6.45) is 7.68. The van der Waals surface area contributed by atoms with Crippen LogP contribution >= 0.6 is 11.3 Å². The molecular weight excluding hydrogens is 272 g/mol. The van der Waals surface area contributed by atoms with Crippen molar-refractivity contribution in [3.63, 3.8) is 0 Å². The Bertz CT molecular complexity index is 414. The second-order valence-electron chi connectivity index (χ2n) is 4.76. The van der Waals surface area contributed by atoms with Gasteiger partial charge in [0.15, 0.2) is 0 Å². The first-order valence-corrected chi connectivity index (χ1v) is 7.89. The van der Waals surface area contributed by atoms with Gasteiger partial charge in [0.1, 0.15) is 0 Å². The number of hydrogen-bond acceptors (Lipinski definition) is 5. The summed E-state index contributed by atoms with van der Waals surface area (Å²) in [4.78, 5) is 5.43. The van der Waals surface area contributed by atoms with Gasteiger partial charge in [0.25, 0.3) is 0 Å². The molecule has 2 atom stereocenters. The van der Waals surface area contributed by atoms with E-state index in [2.05, 4.69) is 23.1 Å². The predicted molar refractivity (Wildman–Crippen MR) is 82.9 cm³/mol. The lowest BCUT2D eigenvalue weighted by molar-refractivity contribution is 0.0378. The molecule has 4 nitrogen and oxygen atoms in total. The first-order chi connectivity index (χ1) is 9.67. The summed E-state index contributed by atoms with van der Waals surface area (Å²) in [7, 11) is 0. The minimum absolute atomic E-state index is 0.0366. The van der Waals surface area contributed by atoms with E-state index >= 15 is 0 Å². The molecule has 0 amide bonds. The lowest BCUT2D eigenvalue weighted by Crippen LogP contribution is -2.36. The fraction of sp³-hybridized carbons (Fsp3) is 0.667. The van der Waals surface area contributed by atoms with E-state index < -0.39 is 6.10 Å². The number of thiazole rings is 1. The lowest BCUT2D eigenvalue weighted by atomic mass is 10.2. The number of nitrogens with zero attached hydrogens (tertiary/aromatic N) is 1. The summed E-state index contributed by atoms with van der Waals surface area (Å²) in [6, 6.07) is 0.0366. The van der Waals surface area contributed by atoms with Gasteiger partial charge >= 0.3 is 0 Å². The largest absolute Gasteiger partial charge is 0.389 e. The zero-order valence-electron chi connectivity index (χ0n) is 12.3. The molecule has 0 fully saturated rings. The maximum atomic E-state index is 9.81. The van der Waals surface area contributed by atoms with Crippen molar-refractivity contribution in [1.29, 1.82) is 0 Å². The molecule has 112 valence electrons. The van der Waals surface area contributed by atoms with E-state index in [1.807, 2.05) is 12.4 Å². The Hall–Kier alpha value is -0.930. The standard InChI is InChI=1S/C15H24N2O2S/c1-4-6-13(5-2)16-9-14(18)10-19-8-7-15-12(3)17-11-20-15/h2,11,13-14,16,18H,4,6-10H2,1,3H3. The van der Waals surface area contributed by atoms with E-state index in [0.29, 0.717) is 19.8 Å². The summed E-state index contributed by atoms with van der Waals surface area (Å²) < 4.78 is 5.49. The number of aliphatic hydroxyl groups is 1. The Morgan fingerprint density at radius 1 is 1.60 bits per heavy atom. The highest BCUT2D eigenvalue weighted by Crippen LogP contribution is 2.12.